The van der Waals surface area contributed by atoms with E-state index in [1.807, 2.05) is 0 Å². The highest BCUT2D eigenvalue weighted by Crippen LogP contribution is 2.22. The first-order valence-electron chi connectivity index (χ1n) is 4.03. The minimum Gasteiger partial charge on any atom is -0.204 e. The van der Waals surface area contributed by atoms with Crippen molar-refractivity contribution in [2.24, 2.45) is 5.41 Å². The first kappa shape index (κ1) is 11.3. The molecule has 0 heterocycles. The summed E-state index contributed by atoms with van der Waals surface area (Å²) >= 11 is 0. The minimum absolute atomic E-state index is 0.161. The third-order valence-electron chi connectivity index (χ3n) is 1.48. The highest BCUT2D eigenvalue weighted by Gasteiger charge is 2.08. The summed E-state index contributed by atoms with van der Waals surface area (Å²) in [6, 6.07) is 0. The summed E-state index contributed by atoms with van der Waals surface area (Å²) in [4.78, 5) is 0. The van der Waals surface area contributed by atoms with Crippen LogP contribution in [0, 0.1) is 5.41 Å². The van der Waals surface area contributed by atoms with E-state index in [4.69, 9.17) is 0 Å². The molecule has 0 atom stereocenters. The molecular weight excluding hydrogens is 158 g/mol. The van der Waals surface area contributed by atoms with Crippen molar-refractivity contribution in [1.82, 2.24) is 0 Å². The van der Waals surface area contributed by atoms with Gasteiger partial charge in [0, 0.05) is 0 Å². The van der Waals surface area contributed by atoms with Crippen LogP contribution in [0.4, 0.5) is 8.78 Å². The van der Waals surface area contributed by atoms with E-state index in [1.165, 1.54) is 6.08 Å². The maximum absolute atomic E-state index is 12.5. The highest BCUT2D eigenvalue weighted by atomic mass is 19.2. The Kier molecular flexibility index (Phi) is 4.15. The molecule has 70 valence electrons. The molecule has 0 saturated carbocycles. The van der Waals surface area contributed by atoms with Gasteiger partial charge in [-0.3, -0.25) is 0 Å². The van der Waals surface area contributed by atoms with Crippen LogP contribution in [0.25, 0.3) is 0 Å². The monoisotopic (exact) mass is 174 g/mol. The summed E-state index contributed by atoms with van der Waals surface area (Å²) in [5.41, 5.74) is 0.161. The second kappa shape index (κ2) is 4.39. The largest absolute Gasteiger partial charge is 0.204 e. The third-order valence-corrected chi connectivity index (χ3v) is 1.48. The molecule has 0 rings (SSSR count). The van der Waals surface area contributed by atoms with Gasteiger partial charge in [-0.05, 0) is 24.3 Å². The Bertz CT molecular complexity index is 185. The molecule has 0 fully saturated rings. The Morgan fingerprint density at radius 1 is 1.33 bits per heavy atom. The van der Waals surface area contributed by atoms with Gasteiger partial charge in [-0.2, -0.15) is 0 Å². The molecule has 0 radical (unpaired) electrons. The average Bonchev–Trinajstić information content (AvgIpc) is 1.84. The van der Waals surface area contributed by atoms with E-state index in [1.54, 1.807) is 0 Å². The third kappa shape index (κ3) is 6.08. The van der Waals surface area contributed by atoms with E-state index in [9.17, 15) is 8.78 Å². The van der Waals surface area contributed by atoms with Gasteiger partial charge in [0.25, 0.3) is 0 Å². The number of allylic oxidation sites excluding steroid dienone is 3. The second-order valence-electron chi connectivity index (χ2n) is 4.06. The zero-order valence-corrected chi connectivity index (χ0v) is 7.95. The molecule has 0 N–H and O–H groups in total. The average molecular weight is 174 g/mol. The molecule has 0 aliphatic rings. The Morgan fingerprint density at radius 2 is 1.83 bits per heavy atom. The second-order valence-corrected chi connectivity index (χ2v) is 4.06. The SMILES string of the molecule is C=C(F)C(F)=CCCC(C)(C)C. The smallest absolute Gasteiger partial charge is 0.154 e. The first-order chi connectivity index (χ1) is 5.33. The maximum Gasteiger partial charge on any atom is 0.154 e. The summed E-state index contributed by atoms with van der Waals surface area (Å²) in [7, 11) is 0. The van der Waals surface area contributed by atoms with E-state index in [-0.39, 0.29) is 5.41 Å². The molecular formula is C10H16F2. The van der Waals surface area contributed by atoms with Crippen LogP contribution in [0.5, 0.6) is 0 Å². The Balaban J connectivity index is 3.83. The van der Waals surface area contributed by atoms with Crippen LogP contribution in [0.2, 0.25) is 0 Å². The fourth-order valence-corrected chi connectivity index (χ4v) is 0.743. The van der Waals surface area contributed by atoms with Crippen molar-refractivity contribution in [2.75, 3.05) is 0 Å². The molecule has 12 heavy (non-hydrogen) atoms. The molecule has 0 aliphatic carbocycles. The van der Waals surface area contributed by atoms with Gasteiger partial charge >= 0.3 is 0 Å². The van der Waals surface area contributed by atoms with Gasteiger partial charge in [0.15, 0.2) is 11.7 Å². The molecule has 0 aliphatic heterocycles. The molecule has 0 aromatic heterocycles. The first-order valence-corrected chi connectivity index (χ1v) is 4.03. The van der Waals surface area contributed by atoms with Crippen molar-refractivity contribution < 1.29 is 8.78 Å². The van der Waals surface area contributed by atoms with Gasteiger partial charge < -0.3 is 0 Å². The van der Waals surface area contributed by atoms with E-state index < -0.39 is 11.7 Å². The molecule has 0 bridgehead atoms. The number of rotatable bonds is 3. The normalized spacial score (nSPS) is 13.2. The summed E-state index contributed by atoms with van der Waals surface area (Å²) in [6.07, 6.45) is 2.64. The molecule has 0 spiro atoms. The van der Waals surface area contributed by atoms with Crippen molar-refractivity contribution in [3.05, 3.63) is 24.3 Å². The molecule has 0 saturated heterocycles. The lowest BCUT2D eigenvalue weighted by Crippen LogP contribution is -2.03. The molecule has 0 aromatic rings. The zero-order chi connectivity index (χ0) is 9.78. The summed E-state index contributed by atoms with van der Waals surface area (Å²) in [6.45, 7) is 9.04. The molecule has 0 nitrogen and oxygen atoms in total. The maximum atomic E-state index is 12.5. The molecule has 2 heteroatoms. The van der Waals surface area contributed by atoms with E-state index >= 15 is 0 Å². The van der Waals surface area contributed by atoms with E-state index in [2.05, 4.69) is 27.4 Å². The van der Waals surface area contributed by atoms with Crippen LogP contribution in [0.1, 0.15) is 33.6 Å². The highest BCUT2D eigenvalue weighted by molar-refractivity contribution is 5.14. The van der Waals surface area contributed by atoms with Crippen LogP contribution < -0.4 is 0 Å². The van der Waals surface area contributed by atoms with Gasteiger partial charge in [-0.15, -0.1) is 0 Å². The van der Waals surface area contributed by atoms with Gasteiger partial charge in [0.05, 0.1) is 0 Å². The molecule has 0 unspecified atom stereocenters. The lowest BCUT2D eigenvalue weighted by atomic mass is 9.90. The Labute approximate surface area is 73.0 Å². The summed E-state index contributed by atoms with van der Waals surface area (Å²) < 4.78 is 24.6. The van der Waals surface area contributed by atoms with Crippen LogP contribution >= 0.6 is 0 Å². The minimum atomic E-state index is -0.982. The predicted molar refractivity (Wildman–Crippen MR) is 48.1 cm³/mol. The number of halogens is 2. The van der Waals surface area contributed by atoms with Crippen molar-refractivity contribution in [3.8, 4) is 0 Å². The lowest BCUT2D eigenvalue weighted by molar-refractivity contribution is 0.379. The molecule has 0 amide bonds. The summed E-state index contributed by atoms with van der Waals surface area (Å²) in [5.74, 6) is -1.82. The van der Waals surface area contributed by atoms with Crippen LogP contribution in [-0.2, 0) is 0 Å². The topological polar surface area (TPSA) is 0 Å². The van der Waals surface area contributed by atoms with Crippen LogP contribution in [-0.4, -0.2) is 0 Å². The predicted octanol–water partition coefficient (Wildman–Crippen LogP) is 4.15. The number of hydrogen-bond donors (Lipinski definition) is 0. The fourth-order valence-electron chi connectivity index (χ4n) is 0.743. The van der Waals surface area contributed by atoms with Crippen molar-refractivity contribution in [3.63, 3.8) is 0 Å². The van der Waals surface area contributed by atoms with E-state index in [0.717, 1.165) is 6.42 Å². The van der Waals surface area contributed by atoms with Crippen LogP contribution in [0.15, 0.2) is 24.3 Å². The van der Waals surface area contributed by atoms with Gasteiger partial charge in [-0.25, -0.2) is 8.78 Å². The molecule has 0 aromatic carbocycles. The quantitative estimate of drug-likeness (QED) is 0.564. The fraction of sp³-hybridized carbons (Fsp3) is 0.600. The van der Waals surface area contributed by atoms with Gasteiger partial charge in [-0.1, -0.05) is 27.4 Å². The van der Waals surface area contributed by atoms with Gasteiger partial charge in [0.2, 0.25) is 0 Å². The van der Waals surface area contributed by atoms with Crippen LogP contribution in [0.3, 0.4) is 0 Å². The standard InChI is InChI=1S/C10H16F2/c1-8(11)9(12)6-5-7-10(2,3)4/h6H,1,5,7H2,2-4H3. The number of hydrogen-bond acceptors (Lipinski definition) is 0. The van der Waals surface area contributed by atoms with E-state index in [0.29, 0.717) is 6.42 Å². The summed E-state index contributed by atoms with van der Waals surface area (Å²) in [5, 5.41) is 0. The zero-order valence-electron chi connectivity index (χ0n) is 7.95. The van der Waals surface area contributed by atoms with Crippen molar-refractivity contribution >= 4 is 0 Å². The lowest BCUT2D eigenvalue weighted by Gasteiger charge is -2.15. The van der Waals surface area contributed by atoms with Crippen molar-refractivity contribution in [2.45, 2.75) is 33.6 Å². The van der Waals surface area contributed by atoms with Gasteiger partial charge in [0.1, 0.15) is 0 Å². The Hall–Kier alpha value is -0.660. The Morgan fingerprint density at radius 3 is 2.17 bits per heavy atom. The van der Waals surface area contributed by atoms with Crippen molar-refractivity contribution in [1.29, 1.82) is 0 Å².